The van der Waals surface area contributed by atoms with Gasteiger partial charge in [0.05, 0.1) is 12.6 Å². The lowest BCUT2D eigenvalue weighted by Gasteiger charge is -2.08. The van der Waals surface area contributed by atoms with Gasteiger partial charge in [0.2, 0.25) is 0 Å². The summed E-state index contributed by atoms with van der Waals surface area (Å²) in [4.78, 5) is 4.87. The van der Waals surface area contributed by atoms with E-state index in [0.717, 1.165) is 49.8 Å². The second-order valence-electron chi connectivity index (χ2n) is 6.01. The molecule has 3 nitrogen and oxygen atoms in total. The van der Waals surface area contributed by atoms with E-state index in [0.29, 0.717) is 0 Å². The zero-order chi connectivity index (χ0) is 16.8. The smallest absolute Gasteiger partial charge is 0.162 e. The van der Waals surface area contributed by atoms with Crippen LogP contribution in [-0.4, -0.2) is 12.1 Å². The SMILES string of the molecule is COc1ccc(-c2c3ccccc3nc3c2oc2ccccc23)cc1. The van der Waals surface area contributed by atoms with Crippen LogP contribution in [0.4, 0.5) is 0 Å². The van der Waals surface area contributed by atoms with Gasteiger partial charge in [0, 0.05) is 16.3 Å². The number of ether oxygens (including phenoxy) is 1. The van der Waals surface area contributed by atoms with Crippen LogP contribution in [0.1, 0.15) is 0 Å². The van der Waals surface area contributed by atoms with E-state index in [1.54, 1.807) is 7.11 Å². The van der Waals surface area contributed by atoms with E-state index in [2.05, 4.69) is 24.3 Å². The molecule has 5 aromatic rings. The molecule has 0 bridgehead atoms. The molecule has 2 heterocycles. The Morgan fingerprint density at radius 1 is 0.800 bits per heavy atom. The topological polar surface area (TPSA) is 35.3 Å². The summed E-state index contributed by atoms with van der Waals surface area (Å²) < 4.78 is 11.5. The van der Waals surface area contributed by atoms with E-state index in [4.69, 9.17) is 14.1 Å². The normalized spacial score (nSPS) is 11.4. The van der Waals surface area contributed by atoms with Crippen LogP contribution >= 0.6 is 0 Å². The van der Waals surface area contributed by atoms with Gasteiger partial charge >= 0.3 is 0 Å². The first-order valence-electron chi connectivity index (χ1n) is 8.19. The Morgan fingerprint density at radius 3 is 2.32 bits per heavy atom. The lowest BCUT2D eigenvalue weighted by molar-refractivity contribution is 0.415. The minimum absolute atomic E-state index is 0.824. The molecule has 0 aliphatic rings. The minimum atomic E-state index is 0.824. The second-order valence-corrected chi connectivity index (χ2v) is 6.01. The van der Waals surface area contributed by atoms with Gasteiger partial charge in [-0.2, -0.15) is 0 Å². The molecule has 120 valence electrons. The van der Waals surface area contributed by atoms with Crippen LogP contribution in [0.5, 0.6) is 5.75 Å². The van der Waals surface area contributed by atoms with Crippen molar-refractivity contribution < 1.29 is 9.15 Å². The number of hydrogen-bond acceptors (Lipinski definition) is 3. The molecule has 3 heteroatoms. The fraction of sp³-hybridized carbons (Fsp3) is 0.0455. The Hall–Kier alpha value is -3.33. The van der Waals surface area contributed by atoms with Crippen molar-refractivity contribution in [3.63, 3.8) is 0 Å². The quantitative estimate of drug-likeness (QED) is 0.411. The zero-order valence-electron chi connectivity index (χ0n) is 13.7. The molecule has 3 aromatic carbocycles. The third-order valence-electron chi connectivity index (χ3n) is 4.58. The molecule has 0 aliphatic heterocycles. The molecule has 5 rings (SSSR count). The third kappa shape index (κ3) is 2.09. The summed E-state index contributed by atoms with van der Waals surface area (Å²) in [5.41, 5.74) is 5.70. The summed E-state index contributed by atoms with van der Waals surface area (Å²) in [6.07, 6.45) is 0. The number of rotatable bonds is 2. The molecule has 0 N–H and O–H groups in total. The summed E-state index contributed by atoms with van der Waals surface area (Å²) in [5.74, 6) is 0.836. The van der Waals surface area contributed by atoms with Crippen molar-refractivity contribution in [1.29, 1.82) is 0 Å². The lowest BCUT2D eigenvalue weighted by Crippen LogP contribution is -1.87. The van der Waals surface area contributed by atoms with Gasteiger partial charge in [-0.25, -0.2) is 4.98 Å². The second kappa shape index (κ2) is 5.35. The average Bonchev–Trinajstić information content (AvgIpc) is 3.04. The predicted molar refractivity (Wildman–Crippen MR) is 101 cm³/mol. The number of nitrogens with zero attached hydrogens (tertiary/aromatic N) is 1. The van der Waals surface area contributed by atoms with Gasteiger partial charge in [-0.1, -0.05) is 42.5 Å². The molecule has 0 spiro atoms. The molecule has 0 saturated heterocycles. The van der Waals surface area contributed by atoms with Gasteiger partial charge < -0.3 is 9.15 Å². The average molecular weight is 325 g/mol. The monoisotopic (exact) mass is 325 g/mol. The molecule has 0 unspecified atom stereocenters. The fourth-order valence-electron chi connectivity index (χ4n) is 3.38. The molecule has 25 heavy (non-hydrogen) atoms. The minimum Gasteiger partial charge on any atom is -0.497 e. The molecule has 2 aromatic heterocycles. The van der Waals surface area contributed by atoms with Crippen molar-refractivity contribution in [3.05, 3.63) is 72.8 Å². The van der Waals surface area contributed by atoms with E-state index in [1.807, 2.05) is 48.5 Å². The van der Waals surface area contributed by atoms with Crippen LogP contribution in [0.2, 0.25) is 0 Å². The lowest BCUT2D eigenvalue weighted by atomic mass is 9.99. The third-order valence-corrected chi connectivity index (χ3v) is 4.58. The van der Waals surface area contributed by atoms with Crippen molar-refractivity contribution >= 4 is 33.0 Å². The van der Waals surface area contributed by atoms with Gasteiger partial charge in [-0.05, 0) is 35.9 Å². The summed E-state index contributed by atoms with van der Waals surface area (Å²) in [6.45, 7) is 0. The van der Waals surface area contributed by atoms with Crippen molar-refractivity contribution in [2.75, 3.05) is 7.11 Å². The number of furan rings is 1. The van der Waals surface area contributed by atoms with Crippen LogP contribution in [0.3, 0.4) is 0 Å². The zero-order valence-corrected chi connectivity index (χ0v) is 13.7. The number of fused-ring (bicyclic) bond motifs is 4. The van der Waals surface area contributed by atoms with Crippen LogP contribution in [0.25, 0.3) is 44.1 Å². The summed E-state index contributed by atoms with van der Waals surface area (Å²) in [7, 11) is 1.67. The Morgan fingerprint density at radius 2 is 1.52 bits per heavy atom. The Labute approximate surface area is 144 Å². The highest BCUT2D eigenvalue weighted by Gasteiger charge is 2.17. The summed E-state index contributed by atoms with van der Waals surface area (Å²) >= 11 is 0. The number of para-hydroxylation sites is 2. The number of methoxy groups -OCH3 is 1. The van der Waals surface area contributed by atoms with E-state index >= 15 is 0 Å². The Bertz CT molecular complexity index is 1220. The maximum atomic E-state index is 6.21. The van der Waals surface area contributed by atoms with E-state index in [-0.39, 0.29) is 0 Å². The Kier molecular flexibility index (Phi) is 3.01. The van der Waals surface area contributed by atoms with Crippen molar-refractivity contribution in [3.8, 4) is 16.9 Å². The van der Waals surface area contributed by atoms with Crippen LogP contribution in [0, 0.1) is 0 Å². The number of benzene rings is 3. The molecule has 0 fully saturated rings. The first-order valence-corrected chi connectivity index (χ1v) is 8.19. The maximum Gasteiger partial charge on any atom is 0.162 e. The predicted octanol–water partition coefficient (Wildman–Crippen LogP) is 5.81. The highest BCUT2D eigenvalue weighted by atomic mass is 16.5. The van der Waals surface area contributed by atoms with Crippen molar-refractivity contribution in [2.45, 2.75) is 0 Å². The van der Waals surface area contributed by atoms with E-state index in [9.17, 15) is 0 Å². The molecule has 0 radical (unpaired) electrons. The van der Waals surface area contributed by atoms with Crippen LogP contribution < -0.4 is 4.74 Å². The van der Waals surface area contributed by atoms with Crippen LogP contribution in [-0.2, 0) is 0 Å². The van der Waals surface area contributed by atoms with Gasteiger partial charge in [0.1, 0.15) is 16.8 Å². The fourth-order valence-corrected chi connectivity index (χ4v) is 3.38. The van der Waals surface area contributed by atoms with Crippen molar-refractivity contribution in [2.24, 2.45) is 0 Å². The van der Waals surface area contributed by atoms with Gasteiger partial charge in [-0.3, -0.25) is 0 Å². The van der Waals surface area contributed by atoms with Gasteiger partial charge in [-0.15, -0.1) is 0 Å². The Balaban J connectivity index is 1.95. The van der Waals surface area contributed by atoms with Crippen LogP contribution in [0.15, 0.2) is 77.2 Å². The van der Waals surface area contributed by atoms with Gasteiger partial charge in [0.15, 0.2) is 5.58 Å². The summed E-state index contributed by atoms with van der Waals surface area (Å²) in [5, 5.41) is 2.12. The highest BCUT2D eigenvalue weighted by molar-refractivity contribution is 6.14. The number of hydrogen-bond donors (Lipinski definition) is 0. The van der Waals surface area contributed by atoms with E-state index < -0.39 is 0 Å². The van der Waals surface area contributed by atoms with Crippen molar-refractivity contribution in [1.82, 2.24) is 4.98 Å². The standard InChI is InChI=1S/C22H15NO2/c1-24-15-12-10-14(11-13-15)20-16-6-2-4-8-18(16)23-21-17-7-3-5-9-19(17)25-22(20)21/h2-13H,1H3. The first kappa shape index (κ1) is 14.1. The molecule has 0 aliphatic carbocycles. The molecule has 0 amide bonds. The van der Waals surface area contributed by atoms with Gasteiger partial charge in [0.25, 0.3) is 0 Å². The summed E-state index contributed by atoms with van der Waals surface area (Å²) in [6, 6.07) is 24.3. The molecular formula is C22H15NO2. The largest absolute Gasteiger partial charge is 0.497 e. The molecular weight excluding hydrogens is 310 g/mol. The number of pyridine rings is 1. The van der Waals surface area contributed by atoms with E-state index in [1.165, 1.54) is 0 Å². The maximum absolute atomic E-state index is 6.21. The number of aromatic nitrogens is 1. The molecule has 0 atom stereocenters. The highest BCUT2D eigenvalue weighted by Crippen LogP contribution is 2.39. The molecule has 0 saturated carbocycles. The first-order chi connectivity index (χ1) is 12.3.